The van der Waals surface area contributed by atoms with Gasteiger partial charge in [0.1, 0.15) is 5.60 Å². The van der Waals surface area contributed by atoms with E-state index in [9.17, 15) is 4.79 Å². The summed E-state index contributed by atoms with van der Waals surface area (Å²) < 4.78 is 11.9. The second kappa shape index (κ2) is 7.11. The summed E-state index contributed by atoms with van der Waals surface area (Å²) in [7, 11) is -0.704. The van der Waals surface area contributed by atoms with Gasteiger partial charge >= 0.3 is 6.09 Å². The van der Waals surface area contributed by atoms with Gasteiger partial charge in [0.05, 0.1) is 11.6 Å². The molecule has 0 aliphatic carbocycles. The summed E-state index contributed by atoms with van der Waals surface area (Å²) >= 11 is 0. The second-order valence-electron chi connectivity index (χ2n) is 9.44. The lowest BCUT2D eigenvalue weighted by atomic mass is 9.88. The standard InChI is InChI=1S/C17H36N2O3Si/c1-15(2,3)21-14(20)19-11-12(18)9-10-13(19)17(7,8)22-23-16(4,5)6/h12-13H,9-11,18,23H2,1-8H3/t12-,13+/m0/s1. The molecule has 1 aliphatic heterocycles. The van der Waals surface area contributed by atoms with Gasteiger partial charge in [-0.15, -0.1) is 0 Å². The van der Waals surface area contributed by atoms with Crippen LogP contribution in [0, 0.1) is 0 Å². The second-order valence-corrected chi connectivity index (χ2v) is 12.1. The van der Waals surface area contributed by atoms with Gasteiger partial charge in [0, 0.05) is 12.6 Å². The highest BCUT2D eigenvalue weighted by atomic mass is 28.2. The maximum Gasteiger partial charge on any atom is 0.410 e. The van der Waals surface area contributed by atoms with Crippen molar-refractivity contribution >= 4 is 15.9 Å². The van der Waals surface area contributed by atoms with Crippen LogP contribution >= 0.6 is 0 Å². The van der Waals surface area contributed by atoms with Gasteiger partial charge in [-0.2, -0.15) is 0 Å². The first-order valence-corrected chi connectivity index (χ1v) is 9.89. The molecule has 1 heterocycles. The van der Waals surface area contributed by atoms with Crippen LogP contribution in [0.25, 0.3) is 0 Å². The number of likely N-dealkylation sites (tertiary alicyclic amines) is 1. The van der Waals surface area contributed by atoms with Crippen LogP contribution in [0.2, 0.25) is 5.04 Å². The molecule has 0 radical (unpaired) electrons. The van der Waals surface area contributed by atoms with Crippen molar-refractivity contribution in [2.24, 2.45) is 5.73 Å². The normalized spacial score (nSPS) is 24.3. The summed E-state index contributed by atoms with van der Waals surface area (Å²) in [5, 5.41) is 0.221. The minimum atomic E-state index is -0.704. The number of hydrogen-bond donors (Lipinski definition) is 1. The summed E-state index contributed by atoms with van der Waals surface area (Å²) in [6, 6.07) is 0.0152. The van der Waals surface area contributed by atoms with Crippen LogP contribution in [0.1, 0.15) is 68.2 Å². The van der Waals surface area contributed by atoms with Crippen molar-refractivity contribution in [1.82, 2.24) is 4.90 Å². The number of nitrogens with two attached hydrogens (primary N) is 1. The number of piperidine rings is 1. The first-order valence-electron chi connectivity index (χ1n) is 8.60. The van der Waals surface area contributed by atoms with Gasteiger partial charge in [-0.1, -0.05) is 20.8 Å². The number of ether oxygens (including phenoxy) is 1. The van der Waals surface area contributed by atoms with E-state index in [1.54, 1.807) is 4.90 Å². The molecule has 136 valence electrons. The Balaban J connectivity index is 2.89. The number of nitrogens with zero attached hydrogens (tertiary/aromatic N) is 1. The van der Waals surface area contributed by atoms with Gasteiger partial charge in [0.15, 0.2) is 9.76 Å². The number of amides is 1. The van der Waals surface area contributed by atoms with Crippen molar-refractivity contribution in [3.63, 3.8) is 0 Å². The molecule has 1 rings (SSSR count). The van der Waals surface area contributed by atoms with Gasteiger partial charge in [-0.25, -0.2) is 4.79 Å². The Morgan fingerprint density at radius 2 is 1.65 bits per heavy atom. The fourth-order valence-electron chi connectivity index (χ4n) is 2.74. The largest absolute Gasteiger partial charge is 0.444 e. The Labute approximate surface area is 144 Å². The molecule has 1 amide bonds. The van der Waals surface area contributed by atoms with Crippen molar-refractivity contribution in [1.29, 1.82) is 0 Å². The van der Waals surface area contributed by atoms with E-state index in [1.165, 1.54) is 0 Å². The van der Waals surface area contributed by atoms with Crippen LogP contribution in [0.15, 0.2) is 0 Å². The number of carbonyl (C=O) groups is 1. The summed E-state index contributed by atoms with van der Waals surface area (Å²) in [4.78, 5) is 14.4. The molecule has 0 spiro atoms. The Morgan fingerprint density at radius 1 is 1.09 bits per heavy atom. The molecule has 2 N–H and O–H groups in total. The third kappa shape index (κ3) is 6.81. The Kier molecular flexibility index (Phi) is 6.32. The molecule has 0 aromatic carbocycles. The summed E-state index contributed by atoms with van der Waals surface area (Å²) in [5.41, 5.74) is 5.21. The van der Waals surface area contributed by atoms with Crippen LogP contribution in [-0.4, -0.2) is 50.6 Å². The first kappa shape index (κ1) is 20.5. The van der Waals surface area contributed by atoms with Crippen molar-refractivity contribution in [3.05, 3.63) is 0 Å². The summed E-state index contributed by atoms with van der Waals surface area (Å²) in [6.45, 7) is 17.0. The lowest BCUT2D eigenvalue weighted by molar-refractivity contribution is -0.0411. The Hall–Kier alpha value is -0.593. The molecule has 0 unspecified atom stereocenters. The molecule has 0 aromatic rings. The van der Waals surface area contributed by atoms with Gasteiger partial charge in [-0.05, 0) is 52.5 Å². The van der Waals surface area contributed by atoms with Gasteiger partial charge < -0.3 is 19.8 Å². The minimum absolute atomic E-state index is 0.00648. The molecule has 1 saturated heterocycles. The van der Waals surface area contributed by atoms with Crippen LogP contribution in [0.3, 0.4) is 0 Å². The number of carbonyl (C=O) groups excluding carboxylic acids is 1. The van der Waals surface area contributed by atoms with Gasteiger partial charge in [0.25, 0.3) is 0 Å². The zero-order valence-corrected chi connectivity index (χ0v) is 17.6. The third-order valence-corrected chi connectivity index (χ3v) is 5.68. The van der Waals surface area contributed by atoms with E-state index in [0.717, 1.165) is 12.8 Å². The molecular weight excluding hydrogens is 308 g/mol. The fourth-order valence-corrected chi connectivity index (χ4v) is 3.74. The number of rotatable bonds is 3. The van der Waals surface area contributed by atoms with Crippen molar-refractivity contribution in [2.75, 3.05) is 6.54 Å². The molecule has 1 fully saturated rings. The predicted octanol–water partition coefficient (Wildman–Crippen LogP) is 2.81. The SMILES string of the molecule is CC(C)(C)OC(=O)N1C[C@@H](N)CC[C@@H]1C(C)(C)O[SiH2]C(C)(C)C. The van der Waals surface area contributed by atoms with E-state index in [-0.39, 0.29) is 28.8 Å². The lowest BCUT2D eigenvalue weighted by Crippen LogP contribution is -2.60. The third-order valence-electron chi connectivity index (χ3n) is 3.93. The van der Waals surface area contributed by atoms with Crippen LogP contribution in [0.4, 0.5) is 4.79 Å². The molecule has 0 saturated carbocycles. The Morgan fingerprint density at radius 3 is 2.13 bits per heavy atom. The average molecular weight is 345 g/mol. The predicted molar refractivity (Wildman–Crippen MR) is 97.4 cm³/mol. The van der Waals surface area contributed by atoms with E-state index < -0.39 is 15.4 Å². The average Bonchev–Trinajstić information content (AvgIpc) is 2.33. The van der Waals surface area contributed by atoms with E-state index in [2.05, 4.69) is 34.6 Å². The molecule has 0 bridgehead atoms. The lowest BCUT2D eigenvalue weighted by Gasteiger charge is -2.47. The Bertz CT molecular complexity index is 413. The van der Waals surface area contributed by atoms with E-state index in [1.807, 2.05) is 20.8 Å². The van der Waals surface area contributed by atoms with E-state index in [4.69, 9.17) is 14.9 Å². The molecule has 0 aromatic heterocycles. The highest BCUT2D eigenvalue weighted by molar-refractivity contribution is 6.31. The molecule has 6 heteroatoms. The van der Waals surface area contributed by atoms with Crippen molar-refractivity contribution < 1.29 is 14.0 Å². The summed E-state index contributed by atoms with van der Waals surface area (Å²) in [6.07, 6.45) is 1.48. The molecular formula is C17H36N2O3Si. The highest BCUT2D eigenvalue weighted by Crippen LogP contribution is 2.32. The zero-order valence-electron chi connectivity index (χ0n) is 16.2. The van der Waals surface area contributed by atoms with Crippen molar-refractivity contribution in [3.8, 4) is 0 Å². The molecule has 1 aliphatic rings. The van der Waals surface area contributed by atoms with Crippen LogP contribution in [-0.2, 0) is 9.16 Å². The van der Waals surface area contributed by atoms with Gasteiger partial charge in [0.2, 0.25) is 0 Å². The minimum Gasteiger partial charge on any atom is -0.444 e. The monoisotopic (exact) mass is 344 g/mol. The smallest absolute Gasteiger partial charge is 0.410 e. The summed E-state index contributed by atoms with van der Waals surface area (Å²) in [5.74, 6) is 0. The molecule has 23 heavy (non-hydrogen) atoms. The fraction of sp³-hybridized carbons (Fsp3) is 0.941. The highest BCUT2D eigenvalue weighted by Gasteiger charge is 2.42. The van der Waals surface area contributed by atoms with E-state index in [0.29, 0.717) is 6.54 Å². The zero-order chi connectivity index (χ0) is 18.1. The van der Waals surface area contributed by atoms with Crippen molar-refractivity contribution in [2.45, 2.75) is 96.6 Å². The maximum absolute atomic E-state index is 12.6. The maximum atomic E-state index is 12.6. The van der Waals surface area contributed by atoms with Gasteiger partial charge in [-0.3, -0.25) is 0 Å². The topological polar surface area (TPSA) is 64.8 Å². The van der Waals surface area contributed by atoms with E-state index >= 15 is 0 Å². The molecule has 5 nitrogen and oxygen atoms in total. The molecule has 2 atom stereocenters. The van der Waals surface area contributed by atoms with Crippen LogP contribution in [0.5, 0.6) is 0 Å². The van der Waals surface area contributed by atoms with Crippen LogP contribution < -0.4 is 5.73 Å². The number of hydrogen-bond acceptors (Lipinski definition) is 4. The quantitative estimate of drug-likeness (QED) is 0.800. The first-order chi connectivity index (χ1) is 10.2.